The van der Waals surface area contributed by atoms with Crippen molar-refractivity contribution in [2.45, 2.75) is 39.7 Å². The van der Waals surface area contributed by atoms with Crippen LogP contribution in [-0.2, 0) is 6.54 Å². The number of likely N-dealkylation sites (tertiary alicyclic amines) is 1. The lowest BCUT2D eigenvalue weighted by Gasteiger charge is -2.36. The lowest BCUT2D eigenvalue weighted by atomic mass is 9.83. The van der Waals surface area contributed by atoms with Crippen LogP contribution in [0.25, 0.3) is 0 Å². The molecule has 0 aromatic carbocycles. The van der Waals surface area contributed by atoms with E-state index in [4.69, 9.17) is 5.11 Å². The summed E-state index contributed by atoms with van der Waals surface area (Å²) in [5.74, 6) is 6.08. The SMILES string of the molecule is CC1(C)CCN(Cc2ccc(C#CCCO)s2)CC1. The summed E-state index contributed by atoms with van der Waals surface area (Å²) in [6, 6.07) is 4.28. The van der Waals surface area contributed by atoms with Crippen LogP contribution in [0.5, 0.6) is 0 Å². The van der Waals surface area contributed by atoms with Crippen molar-refractivity contribution >= 4 is 11.3 Å². The molecule has 1 saturated heterocycles. The summed E-state index contributed by atoms with van der Waals surface area (Å²) >= 11 is 1.78. The number of hydrogen-bond acceptors (Lipinski definition) is 3. The summed E-state index contributed by atoms with van der Waals surface area (Å²) < 4.78 is 0. The first-order valence-corrected chi connectivity index (χ1v) is 7.81. The third kappa shape index (κ3) is 4.65. The van der Waals surface area contributed by atoms with Crippen LogP contribution in [0, 0.1) is 17.3 Å². The molecule has 1 aromatic rings. The quantitative estimate of drug-likeness (QED) is 0.858. The highest BCUT2D eigenvalue weighted by molar-refractivity contribution is 7.12. The largest absolute Gasteiger partial charge is 0.395 e. The van der Waals surface area contributed by atoms with Crippen molar-refractivity contribution in [3.63, 3.8) is 0 Å². The predicted octanol–water partition coefficient (Wildman–Crippen LogP) is 3.10. The van der Waals surface area contributed by atoms with Gasteiger partial charge in [-0.15, -0.1) is 11.3 Å². The first kappa shape index (κ1) is 14.6. The molecule has 0 saturated carbocycles. The molecule has 0 bridgehead atoms. The van der Waals surface area contributed by atoms with E-state index >= 15 is 0 Å². The molecular formula is C16H23NOS. The molecule has 0 aliphatic carbocycles. The molecule has 104 valence electrons. The Hall–Kier alpha value is -0.820. The first-order valence-electron chi connectivity index (χ1n) is 7.00. The molecule has 19 heavy (non-hydrogen) atoms. The maximum absolute atomic E-state index is 8.70. The summed E-state index contributed by atoms with van der Waals surface area (Å²) in [6.07, 6.45) is 3.15. The van der Waals surface area contributed by atoms with Gasteiger partial charge in [0, 0.05) is 17.8 Å². The van der Waals surface area contributed by atoms with Gasteiger partial charge in [-0.25, -0.2) is 0 Å². The molecule has 2 rings (SSSR count). The second-order valence-electron chi connectivity index (χ2n) is 5.98. The summed E-state index contributed by atoms with van der Waals surface area (Å²) in [6.45, 7) is 8.35. The number of thiophene rings is 1. The van der Waals surface area contributed by atoms with Crippen molar-refractivity contribution < 1.29 is 5.11 Å². The second-order valence-corrected chi connectivity index (χ2v) is 7.15. The van der Waals surface area contributed by atoms with Gasteiger partial charge in [0.05, 0.1) is 11.5 Å². The standard InChI is InChI=1S/C16H23NOS/c1-16(2)8-10-17(11-9-16)13-15-7-6-14(19-15)5-3-4-12-18/h6-7,18H,4,8-13H2,1-2H3. The van der Waals surface area contributed by atoms with E-state index in [0.29, 0.717) is 11.8 Å². The molecule has 2 heterocycles. The molecule has 1 N–H and O–H groups in total. The van der Waals surface area contributed by atoms with Gasteiger partial charge in [0.15, 0.2) is 0 Å². The Balaban J connectivity index is 1.86. The Labute approximate surface area is 120 Å². The number of nitrogens with zero attached hydrogens (tertiary/aromatic N) is 1. The molecule has 1 aliphatic rings. The van der Waals surface area contributed by atoms with Gasteiger partial charge in [-0.3, -0.25) is 4.90 Å². The third-order valence-corrected chi connectivity index (χ3v) is 4.68. The predicted molar refractivity (Wildman–Crippen MR) is 81.2 cm³/mol. The zero-order valence-corrected chi connectivity index (χ0v) is 12.7. The Kier molecular flexibility index (Phi) is 5.04. The summed E-state index contributed by atoms with van der Waals surface area (Å²) in [5.41, 5.74) is 0.521. The van der Waals surface area contributed by atoms with E-state index in [2.05, 4.69) is 42.7 Å². The van der Waals surface area contributed by atoms with Crippen LogP contribution in [0.2, 0.25) is 0 Å². The van der Waals surface area contributed by atoms with Gasteiger partial charge < -0.3 is 5.11 Å². The van der Waals surface area contributed by atoms with Gasteiger partial charge in [0.1, 0.15) is 0 Å². The number of rotatable bonds is 3. The van der Waals surface area contributed by atoms with Gasteiger partial charge in [0.2, 0.25) is 0 Å². The van der Waals surface area contributed by atoms with Crippen LogP contribution in [-0.4, -0.2) is 29.7 Å². The minimum absolute atomic E-state index is 0.148. The molecule has 1 fully saturated rings. The van der Waals surface area contributed by atoms with Crippen LogP contribution in [0.3, 0.4) is 0 Å². The van der Waals surface area contributed by atoms with E-state index in [1.807, 2.05) is 0 Å². The minimum atomic E-state index is 0.148. The van der Waals surface area contributed by atoms with Gasteiger partial charge >= 0.3 is 0 Å². The van der Waals surface area contributed by atoms with Crippen LogP contribution in [0.15, 0.2) is 12.1 Å². The average molecular weight is 277 g/mol. The number of aliphatic hydroxyl groups is 1. The van der Waals surface area contributed by atoms with Crippen molar-refractivity contribution in [2.24, 2.45) is 5.41 Å². The molecule has 0 radical (unpaired) electrons. The molecule has 0 spiro atoms. The fourth-order valence-corrected chi connectivity index (χ4v) is 3.20. The van der Waals surface area contributed by atoms with E-state index in [-0.39, 0.29) is 6.61 Å². The zero-order valence-electron chi connectivity index (χ0n) is 11.9. The molecule has 1 aromatic heterocycles. The van der Waals surface area contributed by atoms with Crippen molar-refractivity contribution in [3.05, 3.63) is 21.9 Å². The van der Waals surface area contributed by atoms with E-state index in [0.717, 1.165) is 11.4 Å². The lowest BCUT2D eigenvalue weighted by Crippen LogP contribution is -2.36. The van der Waals surface area contributed by atoms with Crippen LogP contribution in [0.1, 0.15) is 42.9 Å². The lowest BCUT2D eigenvalue weighted by molar-refractivity contribution is 0.128. The summed E-state index contributed by atoms with van der Waals surface area (Å²) in [4.78, 5) is 5.05. The van der Waals surface area contributed by atoms with E-state index in [1.54, 1.807) is 11.3 Å². The maximum atomic E-state index is 8.70. The zero-order chi connectivity index (χ0) is 13.7. The van der Waals surface area contributed by atoms with Crippen molar-refractivity contribution in [1.82, 2.24) is 4.90 Å². The van der Waals surface area contributed by atoms with E-state index in [9.17, 15) is 0 Å². The van der Waals surface area contributed by atoms with Crippen LogP contribution >= 0.6 is 11.3 Å². The number of hydrogen-bond donors (Lipinski definition) is 1. The minimum Gasteiger partial charge on any atom is -0.395 e. The number of piperidine rings is 1. The normalized spacial score (nSPS) is 18.9. The average Bonchev–Trinajstić information content (AvgIpc) is 2.80. The number of aliphatic hydroxyl groups excluding tert-OH is 1. The molecule has 2 nitrogen and oxygen atoms in total. The Morgan fingerprint density at radius 3 is 2.74 bits per heavy atom. The maximum Gasteiger partial charge on any atom is 0.0771 e. The molecule has 1 aliphatic heterocycles. The molecule has 0 amide bonds. The van der Waals surface area contributed by atoms with Gasteiger partial charge in [-0.05, 0) is 43.5 Å². The molecule has 0 unspecified atom stereocenters. The topological polar surface area (TPSA) is 23.5 Å². The van der Waals surface area contributed by atoms with Crippen molar-refractivity contribution in [3.8, 4) is 11.8 Å². The van der Waals surface area contributed by atoms with Crippen molar-refractivity contribution in [2.75, 3.05) is 19.7 Å². The molecular weight excluding hydrogens is 254 g/mol. The highest BCUT2D eigenvalue weighted by Crippen LogP contribution is 2.30. The fourth-order valence-electron chi connectivity index (χ4n) is 2.27. The smallest absolute Gasteiger partial charge is 0.0771 e. The van der Waals surface area contributed by atoms with Gasteiger partial charge in [-0.1, -0.05) is 25.7 Å². The highest BCUT2D eigenvalue weighted by atomic mass is 32.1. The van der Waals surface area contributed by atoms with E-state index < -0.39 is 0 Å². The van der Waals surface area contributed by atoms with Gasteiger partial charge in [-0.2, -0.15) is 0 Å². The Morgan fingerprint density at radius 1 is 1.32 bits per heavy atom. The molecule has 3 heteroatoms. The second kappa shape index (κ2) is 6.56. The van der Waals surface area contributed by atoms with Crippen molar-refractivity contribution in [1.29, 1.82) is 0 Å². The fraction of sp³-hybridized carbons (Fsp3) is 0.625. The van der Waals surface area contributed by atoms with Gasteiger partial charge in [0.25, 0.3) is 0 Å². The van der Waals surface area contributed by atoms with Crippen LogP contribution < -0.4 is 0 Å². The van der Waals surface area contributed by atoms with E-state index in [1.165, 1.54) is 30.8 Å². The highest BCUT2D eigenvalue weighted by Gasteiger charge is 2.25. The first-order chi connectivity index (χ1) is 9.09. The van der Waals surface area contributed by atoms with Crippen LogP contribution in [0.4, 0.5) is 0 Å². The summed E-state index contributed by atoms with van der Waals surface area (Å²) in [7, 11) is 0. The Bertz CT molecular complexity index is 457. The Morgan fingerprint density at radius 2 is 2.05 bits per heavy atom. The monoisotopic (exact) mass is 277 g/mol. The third-order valence-electron chi connectivity index (χ3n) is 3.70. The molecule has 0 atom stereocenters. The summed E-state index contributed by atoms with van der Waals surface area (Å²) in [5, 5.41) is 8.70.